The van der Waals surface area contributed by atoms with Gasteiger partial charge in [0.1, 0.15) is 0 Å². The van der Waals surface area contributed by atoms with Gasteiger partial charge in [0.25, 0.3) is 0 Å². The highest BCUT2D eigenvalue weighted by molar-refractivity contribution is 5.75. The van der Waals surface area contributed by atoms with E-state index in [1.165, 1.54) is 0 Å². The van der Waals surface area contributed by atoms with Crippen molar-refractivity contribution in [1.29, 1.82) is 0 Å². The summed E-state index contributed by atoms with van der Waals surface area (Å²) in [7, 11) is 1.77. The minimum Gasteiger partial charge on any atom is -0.481 e. The number of amides is 2. The Hall–Kier alpha value is -1.26. The van der Waals surface area contributed by atoms with Crippen molar-refractivity contribution in [2.24, 2.45) is 5.92 Å². The van der Waals surface area contributed by atoms with Gasteiger partial charge >= 0.3 is 12.0 Å². The van der Waals surface area contributed by atoms with Crippen LogP contribution in [0.25, 0.3) is 0 Å². The molecule has 0 aliphatic heterocycles. The summed E-state index contributed by atoms with van der Waals surface area (Å²) in [6.07, 6.45) is 4.04. The first kappa shape index (κ1) is 13.8. The topological polar surface area (TPSA) is 69.6 Å². The SMILES string of the molecule is CCCCN(C)C(=O)N[C@H]1CC[C@@H](C(=O)O)C1. The van der Waals surface area contributed by atoms with Crippen LogP contribution in [0.15, 0.2) is 0 Å². The quantitative estimate of drug-likeness (QED) is 0.770. The number of urea groups is 1. The number of nitrogens with one attached hydrogen (secondary N) is 1. The van der Waals surface area contributed by atoms with Crippen molar-refractivity contribution in [3.8, 4) is 0 Å². The summed E-state index contributed by atoms with van der Waals surface area (Å²) in [4.78, 5) is 24.2. The largest absolute Gasteiger partial charge is 0.481 e. The highest BCUT2D eigenvalue weighted by atomic mass is 16.4. The molecule has 0 unspecified atom stereocenters. The van der Waals surface area contributed by atoms with Crippen molar-refractivity contribution < 1.29 is 14.7 Å². The molecule has 1 rings (SSSR count). The molecule has 0 aromatic carbocycles. The molecule has 0 aromatic rings. The second-order valence-electron chi connectivity index (χ2n) is 4.77. The van der Waals surface area contributed by atoms with E-state index in [9.17, 15) is 9.59 Å². The number of aliphatic carboxylic acids is 1. The maximum Gasteiger partial charge on any atom is 0.317 e. The van der Waals surface area contributed by atoms with Gasteiger partial charge in [0.2, 0.25) is 0 Å². The van der Waals surface area contributed by atoms with E-state index in [-0.39, 0.29) is 18.0 Å². The Morgan fingerprint density at radius 3 is 2.65 bits per heavy atom. The fourth-order valence-corrected chi connectivity index (χ4v) is 2.12. The van der Waals surface area contributed by atoms with E-state index in [1.807, 2.05) is 0 Å². The number of hydrogen-bond donors (Lipinski definition) is 2. The monoisotopic (exact) mass is 242 g/mol. The van der Waals surface area contributed by atoms with E-state index in [2.05, 4.69) is 12.2 Å². The Labute approximate surface area is 102 Å². The fraction of sp³-hybridized carbons (Fsp3) is 0.833. The van der Waals surface area contributed by atoms with Crippen LogP contribution in [0.1, 0.15) is 39.0 Å². The lowest BCUT2D eigenvalue weighted by Crippen LogP contribution is -2.42. The maximum absolute atomic E-state index is 11.7. The lowest BCUT2D eigenvalue weighted by Gasteiger charge is -2.20. The molecular formula is C12H22N2O3. The van der Waals surface area contributed by atoms with Crippen molar-refractivity contribution in [1.82, 2.24) is 10.2 Å². The first-order valence-electron chi connectivity index (χ1n) is 6.29. The van der Waals surface area contributed by atoms with Crippen LogP contribution in [0.3, 0.4) is 0 Å². The van der Waals surface area contributed by atoms with Crippen LogP contribution in [0.4, 0.5) is 4.79 Å². The van der Waals surface area contributed by atoms with Crippen molar-refractivity contribution in [3.05, 3.63) is 0 Å². The van der Waals surface area contributed by atoms with Crippen molar-refractivity contribution in [2.75, 3.05) is 13.6 Å². The van der Waals surface area contributed by atoms with Gasteiger partial charge in [-0.1, -0.05) is 13.3 Å². The third kappa shape index (κ3) is 4.24. The normalized spacial score (nSPS) is 23.4. The smallest absolute Gasteiger partial charge is 0.317 e. The summed E-state index contributed by atoms with van der Waals surface area (Å²) in [6, 6.07) is -0.0674. The Morgan fingerprint density at radius 2 is 2.12 bits per heavy atom. The van der Waals surface area contributed by atoms with Gasteiger partial charge in [-0.15, -0.1) is 0 Å². The number of rotatable bonds is 5. The third-order valence-corrected chi connectivity index (χ3v) is 3.30. The van der Waals surface area contributed by atoms with E-state index in [0.29, 0.717) is 12.8 Å². The molecule has 17 heavy (non-hydrogen) atoms. The summed E-state index contributed by atoms with van der Waals surface area (Å²) in [5, 5.41) is 11.8. The van der Waals surface area contributed by atoms with Gasteiger partial charge in [0.15, 0.2) is 0 Å². The summed E-state index contributed by atoms with van der Waals surface area (Å²) >= 11 is 0. The first-order valence-corrected chi connectivity index (χ1v) is 6.29. The lowest BCUT2D eigenvalue weighted by atomic mass is 10.1. The number of hydrogen-bond acceptors (Lipinski definition) is 2. The Kier molecular flexibility index (Phi) is 5.25. The molecular weight excluding hydrogens is 220 g/mol. The van der Waals surface area contributed by atoms with Gasteiger partial charge in [0, 0.05) is 19.6 Å². The third-order valence-electron chi connectivity index (χ3n) is 3.30. The zero-order valence-corrected chi connectivity index (χ0v) is 10.6. The van der Waals surface area contributed by atoms with Crippen LogP contribution in [0.5, 0.6) is 0 Å². The van der Waals surface area contributed by atoms with Gasteiger partial charge in [-0.05, 0) is 25.7 Å². The number of carbonyl (C=O) groups is 2. The van der Waals surface area contributed by atoms with E-state index in [0.717, 1.165) is 25.8 Å². The van der Waals surface area contributed by atoms with Gasteiger partial charge in [-0.2, -0.15) is 0 Å². The maximum atomic E-state index is 11.7. The summed E-state index contributed by atoms with van der Waals surface area (Å²) in [5.41, 5.74) is 0. The Balaban J connectivity index is 2.30. The standard InChI is InChI=1S/C12H22N2O3/c1-3-4-7-14(2)12(17)13-10-6-5-9(8-10)11(15)16/h9-10H,3-8H2,1-2H3,(H,13,17)(H,15,16)/t9-,10+/m1/s1. The van der Waals surface area contributed by atoms with Crippen LogP contribution in [-0.2, 0) is 4.79 Å². The molecule has 0 heterocycles. The molecule has 0 saturated heterocycles. The van der Waals surface area contributed by atoms with Gasteiger partial charge in [-0.25, -0.2) is 4.79 Å². The van der Waals surface area contributed by atoms with E-state index >= 15 is 0 Å². The molecule has 1 saturated carbocycles. The molecule has 0 bridgehead atoms. The van der Waals surface area contributed by atoms with Crippen LogP contribution in [-0.4, -0.2) is 41.6 Å². The molecule has 1 aliphatic rings. The molecule has 0 aromatic heterocycles. The minimum absolute atomic E-state index is 0.0210. The summed E-state index contributed by atoms with van der Waals surface area (Å²) < 4.78 is 0. The predicted molar refractivity (Wildman–Crippen MR) is 64.8 cm³/mol. The Morgan fingerprint density at radius 1 is 1.41 bits per heavy atom. The van der Waals surface area contributed by atoms with E-state index in [4.69, 9.17) is 5.11 Å². The molecule has 0 spiro atoms. The van der Waals surface area contributed by atoms with Crippen LogP contribution in [0, 0.1) is 5.92 Å². The first-order chi connectivity index (χ1) is 8.04. The molecule has 2 N–H and O–H groups in total. The number of carboxylic acids is 1. The number of nitrogens with zero attached hydrogens (tertiary/aromatic N) is 1. The second-order valence-corrected chi connectivity index (χ2v) is 4.77. The highest BCUT2D eigenvalue weighted by Gasteiger charge is 2.30. The number of carbonyl (C=O) groups excluding carboxylic acids is 1. The Bertz CT molecular complexity index is 281. The molecule has 5 heteroatoms. The molecule has 2 atom stereocenters. The number of unbranched alkanes of at least 4 members (excludes halogenated alkanes) is 1. The van der Waals surface area contributed by atoms with Crippen LogP contribution in [0.2, 0.25) is 0 Å². The fourth-order valence-electron chi connectivity index (χ4n) is 2.12. The van der Waals surface area contributed by atoms with Crippen molar-refractivity contribution >= 4 is 12.0 Å². The van der Waals surface area contributed by atoms with Crippen molar-refractivity contribution in [3.63, 3.8) is 0 Å². The second kappa shape index (κ2) is 6.47. The van der Waals surface area contributed by atoms with Gasteiger partial charge in [0.05, 0.1) is 5.92 Å². The van der Waals surface area contributed by atoms with Crippen LogP contribution < -0.4 is 5.32 Å². The molecule has 1 aliphatic carbocycles. The van der Waals surface area contributed by atoms with Crippen molar-refractivity contribution in [2.45, 2.75) is 45.1 Å². The lowest BCUT2D eigenvalue weighted by molar-refractivity contribution is -0.141. The summed E-state index contributed by atoms with van der Waals surface area (Å²) in [5.74, 6) is -1.04. The predicted octanol–water partition coefficient (Wildman–Crippen LogP) is 1.68. The molecule has 1 fully saturated rings. The molecule has 98 valence electrons. The molecule has 2 amide bonds. The van der Waals surface area contributed by atoms with Crippen LogP contribution >= 0.6 is 0 Å². The van der Waals surface area contributed by atoms with E-state index in [1.54, 1.807) is 11.9 Å². The molecule has 5 nitrogen and oxygen atoms in total. The minimum atomic E-state index is -0.749. The van der Waals surface area contributed by atoms with E-state index < -0.39 is 5.97 Å². The zero-order chi connectivity index (χ0) is 12.8. The average molecular weight is 242 g/mol. The number of carboxylic acid groups (broad SMARTS) is 1. The molecule has 0 radical (unpaired) electrons. The average Bonchev–Trinajstić information content (AvgIpc) is 2.74. The summed E-state index contributed by atoms with van der Waals surface area (Å²) in [6.45, 7) is 2.83. The van der Waals surface area contributed by atoms with Gasteiger partial charge in [-0.3, -0.25) is 4.79 Å². The van der Waals surface area contributed by atoms with Gasteiger partial charge < -0.3 is 15.3 Å². The highest BCUT2D eigenvalue weighted by Crippen LogP contribution is 2.25. The zero-order valence-electron chi connectivity index (χ0n) is 10.6.